The third-order valence-electron chi connectivity index (χ3n) is 5.83. The second kappa shape index (κ2) is 14.0. The van der Waals surface area contributed by atoms with Gasteiger partial charge < -0.3 is 4.43 Å². The van der Waals surface area contributed by atoms with Crippen molar-refractivity contribution in [1.82, 2.24) is 0 Å². The fourth-order valence-corrected chi connectivity index (χ4v) is 4.44. The molecule has 0 saturated heterocycles. The molecule has 0 aromatic heterocycles. The lowest BCUT2D eigenvalue weighted by atomic mass is 10.0. The fourth-order valence-electron chi connectivity index (χ4n) is 3.02. The van der Waals surface area contributed by atoms with Crippen LogP contribution >= 0.6 is 0 Å². The highest BCUT2D eigenvalue weighted by molar-refractivity contribution is 6.74. The maximum atomic E-state index is 6.78. The Morgan fingerprint density at radius 3 is 1.80 bits per heavy atom. The van der Waals surface area contributed by atoms with Gasteiger partial charge in [0.1, 0.15) is 0 Å². The molecule has 0 rings (SSSR count). The van der Waals surface area contributed by atoms with Gasteiger partial charge >= 0.3 is 0 Å². The van der Waals surface area contributed by atoms with E-state index < -0.39 is 8.32 Å². The Kier molecular flexibility index (Phi) is 14.0. The van der Waals surface area contributed by atoms with E-state index in [0.717, 1.165) is 0 Å². The first-order valence-corrected chi connectivity index (χ1v) is 13.9. The van der Waals surface area contributed by atoms with Gasteiger partial charge in [-0.3, -0.25) is 0 Å². The van der Waals surface area contributed by atoms with E-state index in [0.29, 0.717) is 11.1 Å². The van der Waals surface area contributed by atoms with E-state index in [4.69, 9.17) is 4.43 Å². The zero-order chi connectivity index (χ0) is 19.2. The van der Waals surface area contributed by atoms with Gasteiger partial charge in [0.2, 0.25) is 0 Å². The summed E-state index contributed by atoms with van der Waals surface area (Å²) >= 11 is 0. The van der Waals surface area contributed by atoms with E-state index in [1.54, 1.807) is 0 Å². The quantitative estimate of drug-likeness (QED) is 0.150. The number of unbranched alkanes of at least 4 members (excludes halogenated alkanes) is 9. The molecule has 25 heavy (non-hydrogen) atoms. The molecule has 150 valence electrons. The molecule has 0 N–H and O–H groups in total. The van der Waals surface area contributed by atoms with Crippen LogP contribution in [0.3, 0.4) is 0 Å². The Hall–Kier alpha value is -0.0831. The van der Waals surface area contributed by atoms with Crippen LogP contribution in [-0.2, 0) is 4.43 Å². The molecular formula is C23H48OSi. The molecule has 0 spiro atoms. The van der Waals surface area contributed by atoms with Crippen LogP contribution in [0.1, 0.15) is 111 Å². The highest BCUT2D eigenvalue weighted by Crippen LogP contribution is 2.38. The van der Waals surface area contributed by atoms with E-state index in [1.807, 2.05) is 6.08 Å². The molecule has 0 fully saturated rings. The van der Waals surface area contributed by atoms with Crippen molar-refractivity contribution in [3.8, 4) is 0 Å². The standard InChI is InChI=1S/C23H48OSi/c1-8-10-12-14-16-18-20-22(21-19-17-15-13-11-9-2)24-25(6,7)23(3,4)5/h8,22H,1,9-21H2,2-7H3. The minimum absolute atomic E-state index is 0.316. The molecule has 2 heteroatoms. The molecule has 0 aliphatic heterocycles. The first-order valence-electron chi connectivity index (χ1n) is 11.0. The average molecular weight is 369 g/mol. The van der Waals surface area contributed by atoms with Gasteiger partial charge in [0, 0.05) is 6.10 Å². The van der Waals surface area contributed by atoms with Crippen molar-refractivity contribution in [2.75, 3.05) is 0 Å². The molecule has 1 nitrogen and oxygen atoms in total. The van der Waals surface area contributed by atoms with Crippen LogP contribution in [0.4, 0.5) is 0 Å². The fraction of sp³-hybridized carbons (Fsp3) is 0.913. The van der Waals surface area contributed by atoms with Crippen molar-refractivity contribution < 1.29 is 4.43 Å². The summed E-state index contributed by atoms with van der Waals surface area (Å²) in [6.07, 6.45) is 19.8. The predicted octanol–water partition coefficient (Wildman–Crippen LogP) is 8.65. The monoisotopic (exact) mass is 368 g/mol. The second-order valence-electron chi connectivity index (χ2n) is 9.34. The molecule has 0 aliphatic rings. The van der Waals surface area contributed by atoms with Gasteiger partial charge in [-0.15, -0.1) is 6.58 Å². The largest absolute Gasteiger partial charge is 0.414 e. The number of hydrogen-bond acceptors (Lipinski definition) is 1. The lowest BCUT2D eigenvalue weighted by Gasteiger charge is -2.39. The van der Waals surface area contributed by atoms with Gasteiger partial charge in [-0.05, 0) is 43.8 Å². The molecule has 0 aliphatic carbocycles. The summed E-state index contributed by atoms with van der Waals surface area (Å²) in [5, 5.41) is 0.316. The molecule has 0 radical (unpaired) electrons. The van der Waals surface area contributed by atoms with E-state index in [2.05, 4.69) is 47.4 Å². The molecule has 0 bridgehead atoms. The van der Waals surface area contributed by atoms with Gasteiger partial charge in [-0.2, -0.15) is 0 Å². The van der Waals surface area contributed by atoms with Crippen molar-refractivity contribution in [2.45, 2.75) is 135 Å². The molecule has 0 saturated carbocycles. The van der Waals surface area contributed by atoms with Crippen LogP contribution in [-0.4, -0.2) is 14.4 Å². The third kappa shape index (κ3) is 12.8. The third-order valence-corrected chi connectivity index (χ3v) is 10.4. The van der Waals surface area contributed by atoms with Crippen LogP contribution < -0.4 is 0 Å². The first kappa shape index (κ1) is 24.9. The first-order chi connectivity index (χ1) is 11.7. The van der Waals surface area contributed by atoms with E-state index >= 15 is 0 Å². The van der Waals surface area contributed by atoms with Crippen molar-refractivity contribution in [1.29, 1.82) is 0 Å². The maximum Gasteiger partial charge on any atom is 0.192 e. The minimum Gasteiger partial charge on any atom is -0.414 e. The molecule has 0 heterocycles. The summed E-state index contributed by atoms with van der Waals surface area (Å²) in [4.78, 5) is 0. The zero-order valence-corrected chi connectivity index (χ0v) is 19.5. The molecular weight excluding hydrogens is 320 g/mol. The van der Waals surface area contributed by atoms with Crippen molar-refractivity contribution >= 4 is 8.32 Å². The number of hydrogen-bond donors (Lipinski definition) is 0. The lowest BCUT2D eigenvalue weighted by Crippen LogP contribution is -2.44. The average Bonchev–Trinajstić information content (AvgIpc) is 2.52. The normalized spacial score (nSPS) is 13.8. The molecule has 1 atom stereocenters. The van der Waals surface area contributed by atoms with E-state index in [-0.39, 0.29) is 0 Å². The molecule has 0 amide bonds. The van der Waals surface area contributed by atoms with Crippen molar-refractivity contribution in [3.63, 3.8) is 0 Å². The topological polar surface area (TPSA) is 9.23 Å². The van der Waals surface area contributed by atoms with Crippen LogP contribution in [0.5, 0.6) is 0 Å². The summed E-state index contributed by atoms with van der Waals surface area (Å²) in [6.45, 7) is 18.0. The van der Waals surface area contributed by atoms with Crippen molar-refractivity contribution in [3.05, 3.63) is 12.7 Å². The van der Waals surface area contributed by atoms with Crippen LogP contribution in [0.25, 0.3) is 0 Å². The number of rotatable bonds is 16. The van der Waals surface area contributed by atoms with Gasteiger partial charge in [0.05, 0.1) is 0 Å². The van der Waals surface area contributed by atoms with Crippen LogP contribution in [0.15, 0.2) is 12.7 Å². The van der Waals surface area contributed by atoms with E-state index in [1.165, 1.54) is 83.5 Å². The Bertz CT molecular complexity index is 317. The highest BCUT2D eigenvalue weighted by atomic mass is 28.4. The second-order valence-corrected chi connectivity index (χ2v) is 14.1. The van der Waals surface area contributed by atoms with E-state index in [9.17, 15) is 0 Å². The van der Waals surface area contributed by atoms with Crippen LogP contribution in [0.2, 0.25) is 18.1 Å². The Labute approximate surface area is 161 Å². The molecule has 0 aromatic rings. The Morgan fingerprint density at radius 1 is 0.840 bits per heavy atom. The summed E-state index contributed by atoms with van der Waals surface area (Å²) in [6, 6.07) is 0. The van der Waals surface area contributed by atoms with Crippen molar-refractivity contribution in [2.24, 2.45) is 0 Å². The van der Waals surface area contributed by atoms with Gasteiger partial charge in [0.25, 0.3) is 0 Å². The summed E-state index contributed by atoms with van der Waals surface area (Å²) < 4.78 is 6.78. The Balaban J connectivity index is 4.28. The molecule has 1 unspecified atom stereocenters. The summed E-state index contributed by atoms with van der Waals surface area (Å²) in [7, 11) is -1.64. The molecule has 0 aromatic carbocycles. The minimum atomic E-state index is -1.64. The maximum absolute atomic E-state index is 6.78. The van der Waals surface area contributed by atoms with Gasteiger partial charge in [0.15, 0.2) is 8.32 Å². The summed E-state index contributed by atoms with van der Waals surface area (Å²) in [5.41, 5.74) is 0. The smallest absolute Gasteiger partial charge is 0.192 e. The van der Waals surface area contributed by atoms with Crippen LogP contribution in [0, 0.1) is 0 Å². The Morgan fingerprint density at radius 2 is 1.32 bits per heavy atom. The predicted molar refractivity (Wildman–Crippen MR) is 118 cm³/mol. The zero-order valence-electron chi connectivity index (χ0n) is 18.5. The number of allylic oxidation sites excluding steroid dienone is 1. The lowest BCUT2D eigenvalue weighted by molar-refractivity contribution is 0.154. The highest BCUT2D eigenvalue weighted by Gasteiger charge is 2.38. The SMILES string of the molecule is C=CCCCCCCC(CCCCCCCC)O[Si](C)(C)C(C)(C)C. The summed E-state index contributed by atoms with van der Waals surface area (Å²) in [5.74, 6) is 0. The van der Waals surface area contributed by atoms with Gasteiger partial charge in [-0.25, -0.2) is 0 Å². The van der Waals surface area contributed by atoms with Gasteiger partial charge in [-0.1, -0.05) is 91.6 Å².